The van der Waals surface area contributed by atoms with Gasteiger partial charge < -0.3 is 10.4 Å². The summed E-state index contributed by atoms with van der Waals surface area (Å²) in [7, 11) is 0. The van der Waals surface area contributed by atoms with Crippen LogP contribution in [0.5, 0.6) is 0 Å². The zero-order chi connectivity index (χ0) is 12.8. The van der Waals surface area contributed by atoms with Crippen molar-refractivity contribution >= 4 is 21.8 Å². The molecule has 1 rings (SSSR count). The Hall–Kier alpha value is -0.940. The number of hydrogen-bond donors (Lipinski definition) is 2. The average molecular weight is 301 g/mol. The fourth-order valence-corrected chi connectivity index (χ4v) is 1.94. The van der Waals surface area contributed by atoms with Crippen LogP contribution in [-0.2, 0) is 0 Å². The van der Waals surface area contributed by atoms with E-state index < -0.39 is 0 Å². The smallest absolute Gasteiger partial charge is 0.271 e. The first-order valence-electron chi connectivity index (χ1n) is 5.58. The molecular formula is C12H17BrN2O2. The van der Waals surface area contributed by atoms with E-state index in [2.05, 4.69) is 26.2 Å². The molecule has 4 nitrogen and oxygen atoms in total. The highest BCUT2D eigenvalue weighted by Gasteiger charge is 2.18. The van der Waals surface area contributed by atoms with Gasteiger partial charge in [-0.15, -0.1) is 0 Å². The summed E-state index contributed by atoms with van der Waals surface area (Å²) in [6.07, 6.45) is 2.13. The molecule has 0 aliphatic heterocycles. The van der Waals surface area contributed by atoms with Crippen LogP contribution >= 0.6 is 15.9 Å². The molecule has 0 aliphatic rings. The number of carbonyl (C=O) groups excluding carboxylic acids is 1. The van der Waals surface area contributed by atoms with Gasteiger partial charge in [0.25, 0.3) is 5.91 Å². The highest BCUT2D eigenvalue weighted by Crippen LogP contribution is 2.14. The minimum Gasteiger partial charge on any atom is -0.396 e. The molecule has 1 unspecified atom stereocenters. The van der Waals surface area contributed by atoms with Crippen molar-refractivity contribution in [1.82, 2.24) is 10.3 Å². The molecule has 2 N–H and O–H groups in total. The molecule has 17 heavy (non-hydrogen) atoms. The topological polar surface area (TPSA) is 62.2 Å². The number of halogens is 1. The lowest BCUT2D eigenvalue weighted by molar-refractivity contribution is 0.0910. The fourth-order valence-electron chi connectivity index (χ4n) is 1.50. The van der Waals surface area contributed by atoms with Crippen molar-refractivity contribution in [2.45, 2.75) is 26.3 Å². The van der Waals surface area contributed by atoms with Gasteiger partial charge in [0.15, 0.2) is 0 Å². The molecule has 0 fully saturated rings. The van der Waals surface area contributed by atoms with Crippen LogP contribution in [0.1, 0.15) is 30.8 Å². The summed E-state index contributed by atoms with van der Waals surface area (Å²) in [5.41, 5.74) is 0.371. The summed E-state index contributed by atoms with van der Waals surface area (Å²) < 4.78 is 0.670. The first-order chi connectivity index (χ1) is 8.06. The number of pyridine rings is 1. The van der Waals surface area contributed by atoms with Crippen molar-refractivity contribution in [3.05, 3.63) is 28.5 Å². The maximum Gasteiger partial charge on any atom is 0.271 e. The van der Waals surface area contributed by atoms with E-state index in [0.29, 0.717) is 16.6 Å². The molecule has 0 saturated carbocycles. The quantitative estimate of drug-likeness (QED) is 0.874. The number of nitrogens with one attached hydrogen (secondary N) is 1. The number of aromatic nitrogens is 1. The maximum atomic E-state index is 12.0. The Morgan fingerprint density at radius 2 is 2.29 bits per heavy atom. The van der Waals surface area contributed by atoms with Gasteiger partial charge in [-0.25, -0.2) is 4.98 Å². The van der Waals surface area contributed by atoms with Crippen molar-refractivity contribution in [3.8, 4) is 0 Å². The van der Waals surface area contributed by atoms with Crippen LogP contribution in [0, 0.1) is 5.92 Å². The predicted molar refractivity (Wildman–Crippen MR) is 69.7 cm³/mol. The van der Waals surface area contributed by atoms with Crippen LogP contribution in [0.2, 0.25) is 0 Å². The molecule has 0 bridgehead atoms. The van der Waals surface area contributed by atoms with Gasteiger partial charge in [-0.3, -0.25) is 4.79 Å². The minimum absolute atomic E-state index is 0.0404. The van der Waals surface area contributed by atoms with E-state index in [9.17, 15) is 4.79 Å². The first kappa shape index (κ1) is 14.1. The van der Waals surface area contributed by atoms with Crippen LogP contribution in [0.25, 0.3) is 0 Å². The van der Waals surface area contributed by atoms with Crippen LogP contribution in [0.3, 0.4) is 0 Å². The number of aliphatic hydroxyl groups excluding tert-OH is 1. The van der Waals surface area contributed by atoms with Crippen LogP contribution in [0.4, 0.5) is 0 Å². The molecule has 1 heterocycles. The summed E-state index contributed by atoms with van der Waals surface area (Å²) in [6, 6.07) is 3.49. The Labute approximate surface area is 110 Å². The molecule has 1 amide bonds. The minimum atomic E-state index is -0.218. The SMILES string of the molecule is CC(C)C(CCO)NC(=O)c1ncccc1Br. The lowest BCUT2D eigenvalue weighted by Crippen LogP contribution is -2.39. The van der Waals surface area contributed by atoms with Gasteiger partial charge in [0.1, 0.15) is 5.69 Å². The number of carbonyl (C=O) groups is 1. The molecule has 0 aromatic carbocycles. The van der Waals surface area contributed by atoms with E-state index in [0.717, 1.165) is 0 Å². The second kappa shape index (κ2) is 6.71. The van der Waals surface area contributed by atoms with Gasteiger partial charge in [-0.2, -0.15) is 0 Å². The molecule has 0 saturated heterocycles. The van der Waals surface area contributed by atoms with Gasteiger partial charge in [0.05, 0.1) is 0 Å². The third-order valence-electron chi connectivity index (χ3n) is 2.53. The highest BCUT2D eigenvalue weighted by molar-refractivity contribution is 9.10. The predicted octanol–water partition coefficient (Wildman–Crippen LogP) is 1.98. The lowest BCUT2D eigenvalue weighted by atomic mass is 10.0. The van der Waals surface area contributed by atoms with Gasteiger partial charge in [0.2, 0.25) is 0 Å². The van der Waals surface area contributed by atoms with Crippen molar-refractivity contribution in [3.63, 3.8) is 0 Å². The summed E-state index contributed by atoms with van der Waals surface area (Å²) in [5, 5.41) is 11.8. The van der Waals surface area contributed by atoms with Gasteiger partial charge in [-0.1, -0.05) is 13.8 Å². The number of rotatable bonds is 5. The van der Waals surface area contributed by atoms with E-state index >= 15 is 0 Å². The average Bonchev–Trinajstić information content (AvgIpc) is 2.28. The van der Waals surface area contributed by atoms with E-state index in [1.807, 2.05) is 13.8 Å². The van der Waals surface area contributed by atoms with Crippen LogP contribution < -0.4 is 5.32 Å². The van der Waals surface area contributed by atoms with Gasteiger partial charge >= 0.3 is 0 Å². The summed E-state index contributed by atoms with van der Waals surface area (Å²) in [5.74, 6) is 0.0539. The van der Waals surface area contributed by atoms with Crippen molar-refractivity contribution in [1.29, 1.82) is 0 Å². The van der Waals surface area contributed by atoms with Crippen molar-refractivity contribution in [2.24, 2.45) is 5.92 Å². The summed E-state index contributed by atoms with van der Waals surface area (Å²) >= 11 is 3.29. The Kier molecular flexibility index (Phi) is 5.58. The Morgan fingerprint density at radius 1 is 1.59 bits per heavy atom. The molecular weight excluding hydrogens is 284 g/mol. The standard InChI is InChI=1S/C12H17BrN2O2/c1-8(2)10(5-7-16)15-12(17)11-9(13)4-3-6-14-11/h3-4,6,8,10,16H,5,7H2,1-2H3,(H,15,17). The van der Waals surface area contributed by atoms with E-state index in [1.54, 1.807) is 18.3 Å². The molecule has 0 aliphatic carbocycles. The molecule has 5 heteroatoms. The molecule has 1 atom stereocenters. The van der Waals surface area contributed by atoms with E-state index in [4.69, 9.17) is 5.11 Å². The van der Waals surface area contributed by atoms with Gasteiger partial charge in [-0.05, 0) is 40.4 Å². The third-order valence-corrected chi connectivity index (χ3v) is 3.17. The number of nitrogens with zero attached hydrogens (tertiary/aromatic N) is 1. The molecule has 0 spiro atoms. The highest BCUT2D eigenvalue weighted by atomic mass is 79.9. The van der Waals surface area contributed by atoms with Gasteiger partial charge in [0, 0.05) is 23.3 Å². The van der Waals surface area contributed by atoms with Crippen LogP contribution in [0.15, 0.2) is 22.8 Å². The maximum absolute atomic E-state index is 12.0. The normalized spacial score (nSPS) is 12.5. The fraction of sp³-hybridized carbons (Fsp3) is 0.500. The molecule has 0 radical (unpaired) electrons. The van der Waals surface area contributed by atoms with E-state index in [1.165, 1.54) is 0 Å². The van der Waals surface area contributed by atoms with Crippen molar-refractivity contribution < 1.29 is 9.90 Å². The number of hydrogen-bond acceptors (Lipinski definition) is 3. The number of aliphatic hydroxyl groups is 1. The third kappa shape index (κ3) is 4.09. The Balaban J connectivity index is 2.74. The molecule has 94 valence electrons. The molecule has 1 aromatic rings. The monoisotopic (exact) mass is 300 g/mol. The first-order valence-corrected chi connectivity index (χ1v) is 6.37. The molecule has 1 aromatic heterocycles. The largest absolute Gasteiger partial charge is 0.396 e. The summed E-state index contributed by atoms with van der Waals surface area (Å²) in [4.78, 5) is 16.0. The Morgan fingerprint density at radius 3 is 2.82 bits per heavy atom. The van der Waals surface area contributed by atoms with Crippen LogP contribution in [-0.4, -0.2) is 28.6 Å². The second-order valence-electron chi connectivity index (χ2n) is 4.17. The Bertz CT molecular complexity index is 383. The second-order valence-corrected chi connectivity index (χ2v) is 5.02. The van der Waals surface area contributed by atoms with E-state index in [-0.39, 0.29) is 24.5 Å². The zero-order valence-corrected chi connectivity index (χ0v) is 11.6. The van der Waals surface area contributed by atoms with Crippen molar-refractivity contribution in [2.75, 3.05) is 6.61 Å². The zero-order valence-electron chi connectivity index (χ0n) is 9.98. The number of amides is 1. The summed E-state index contributed by atoms with van der Waals surface area (Å²) in [6.45, 7) is 4.08. The lowest BCUT2D eigenvalue weighted by Gasteiger charge is -2.21.